The molecular formula is C11H17N3O2S. The standard InChI is InChI=1S/C11H17N3O2S/c1-3-12-10-8-9(4-7-13-10)17(15,16)14-11(2)5-6-11/h4,7-8,14H,3,5-6H2,1-2H3,(H,12,13). The molecular weight excluding hydrogens is 238 g/mol. The molecule has 1 saturated carbocycles. The van der Waals surface area contributed by atoms with Crippen LogP contribution in [-0.4, -0.2) is 25.5 Å². The third-order valence-electron chi connectivity index (χ3n) is 2.78. The van der Waals surface area contributed by atoms with Gasteiger partial charge >= 0.3 is 0 Å². The predicted molar refractivity (Wildman–Crippen MR) is 66.4 cm³/mol. The average Bonchev–Trinajstić information content (AvgIpc) is 2.96. The summed E-state index contributed by atoms with van der Waals surface area (Å²) in [4.78, 5) is 4.31. The minimum atomic E-state index is -3.43. The third kappa shape index (κ3) is 2.95. The molecule has 94 valence electrons. The van der Waals surface area contributed by atoms with Crippen LogP contribution in [0.2, 0.25) is 0 Å². The number of hydrogen-bond acceptors (Lipinski definition) is 4. The molecule has 17 heavy (non-hydrogen) atoms. The molecule has 0 aromatic carbocycles. The molecule has 6 heteroatoms. The summed E-state index contributed by atoms with van der Waals surface area (Å²) in [5.41, 5.74) is -0.250. The lowest BCUT2D eigenvalue weighted by Gasteiger charge is -2.12. The average molecular weight is 255 g/mol. The van der Waals surface area contributed by atoms with Crippen LogP contribution in [0.5, 0.6) is 0 Å². The maximum absolute atomic E-state index is 12.1. The monoisotopic (exact) mass is 255 g/mol. The molecule has 1 heterocycles. The van der Waals surface area contributed by atoms with Gasteiger partial charge in [-0.2, -0.15) is 0 Å². The molecule has 1 fully saturated rings. The van der Waals surface area contributed by atoms with Gasteiger partial charge in [-0.15, -0.1) is 0 Å². The Balaban J connectivity index is 2.23. The third-order valence-corrected chi connectivity index (χ3v) is 4.42. The van der Waals surface area contributed by atoms with Crippen molar-refractivity contribution in [2.45, 2.75) is 37.1 Å². The van der Waals surface area contributed by atoms with Gasteiger partial charge in [-0.25, -0.2) is 18.1 Å². The summed E-state index contributed by atoms with van der Waals surface area (Å²) in [7, 11) is -3.43. The summed E-state index contributed by atoms with van der Waals surface area (Å²) in [5, 5.41) is 3.00. The van der Waals surface area contributed by atoms with Gasteiger partial charge in [-0.3, -0.25) is 0 Å². The molecule has 5 nitrogen and oxygen atoms in total. The number of hydrogen-bond donors (Lipinski definition) is 2. The normalized spacial score (nSPS) is 17.8. The summed E-state index contributed by atoms with van der Waals surface area (Å²) >= 11 is 0. The van der Waals surface area contributed by atoms with Crippen molar-refractivity contribution in [2.24, 2.45) is 0 Å². The fourth-order valence-electron chi connectivity index (χ4n) is 1.53. The first-order valence-electron chi connectivity index (χ1n) is 5.69. The van der Waals surface area contributed by atoms with Gasteiger partial charge in [0.05, 0.1) is 4.90 Å². The first kappa shape index (κ1) is 12.3. The lowest BCUT2D eigenvalue weighted by Crippen LogP contribution is -2.34. The molecule has 0 amide bonds. The first-order chi connectivity index (χ1) is 7.95. The Hall–Kier alpha value is -1.14. The number of nitrogens with zero attached hydrogens (tertiary/aromatic N) is 1. The molecule has 2 rings (SSSR count). The number of sulfonamides is 1. The molecule has 0 unspecified atom stereocenters. The fourth-order valence-corrected chi connectivity index (χ4v) is 3.01. The lowest BCUT2D eigenvalue weighted by atomic mass is 10.4. The van der Waals surface area contributed by atoms with Gasteiger partial charge in [0.15, 0.2) is 0 Å². The van der Waals surface area contributed by atoms with Gasteiger partial charge in [-0.05, 0) is 32.8 Å². The largest absolute Gasteiger partial charge is 0.370 e. The van der Waals surface area contributed by atoms with E-state index < -0.39 is 10.0 Å². The molecule has 1 aliphatic rings. The maximum Gasteiger partial charge on any atom is 0.241 e. The van der Waals surface area contributed by atoms with E-state index in [2.05, 4.69) is 15.0 Å². The molecule has 1 aromatic rings. The number of aromatic nitrogens is 1. The van der Waals surface area contributed by atoms with Gasteiger partial charge in [0, 0.05) is 24.3 Å². The summed E-state index contributed by atoms with van der Waals surface area (Å²) in [6.07, 6.45) is 3.30. The van der Waals surface area contributed by atoms with Crippen molar-refractivity contribution in [3.63, 3.8) is 0 Å². The van der Waals surface area contributed by atoms with Gasteiger partial charge in [0.25, 0.3) is 0 Å². The molecule has 0 radical (unpaired) electrons. The molecule has 1 aromatic heterocycles. The lowest BCUT2D eigenvalue weighted by molar-refractivity contribution is 0.558. The Bertz CT molecular complexity index is 509. The van der Waals surface area contributed by atoms with Gasteiger partial charge in [0.2, 0.25) is 10.0 Å². The quantitative estimate of drug-likeness (QED) is 0.833. The topological polar surface area (TPSA) is 71.1 Å². The van der Waals surface area contributed by atoms with E-state index in [1.165, 1.54) is 12.3 Å². The first-order valence-corrected chi connectivity index (χ1v) is 7.17. The van der Waals surface area contributed by atoms with E-state index in [1.807, 2.05) is 13.8 Å². The number of rotatable bonds is 5. The molecule has 0 saturated heterocycles. The fraction of sp³-hybridized carbons (Fsp3) is 0.545. The highest BCUT2D eigenvalue weighted by Gasteiger charge is 2.41. The van der Waals surface area contributed by atoms with E-state index in [0.717, 1.165) is 12.8 Å². The van der Waals surface area contributed by atoms with Gasteiger partial charge in [0.1, 0.15) is 5.82 Å². The number of anilines is 1. The van der Waals surface area contributed by atoms with Crippen molar-refractivity contribution in [1.82, 2.24) is 9.71 Å². The van der Waals surface area contributed by atoms with E-state index in [-0.39, 0.29) is 10.4 Å². The van der Waals surface area contributed by atoms with Crippen LogP contribution < -0.4 is 10.0 Å². The highest BCUT2D eigenvalue weighted by atomic mass is 32.2. The van der Waals surface area contributed by atoms with Crippen molar-refractivity contribution in [3.8, 4) is 0 Å². The smallest absolute Gasteiger partial charge is 0.241 e. The van der Waals surface area contributed by atoms with Crippen LogP contribution in [0.1, 0.15) is 26.7 Å². The summed E-state index contributed by atoms with van der Waals surface area (Å²) in [5.74, 6) is 0.580. The van der Waals surface area contributed by atoms with Crippen LogP contribution in [0.4, 0.5) is 5.82 Å². The van der Waals surface area contributed by atoms with E-state index in [4.69, 9.17) is 0 Å². The van der Waals surface area contributed by atoms with Gasteiger partial charge in [-0.1, -0.05) is 0 Å². The SMILES string of the molecule is CCNc1cc(S(=O)(=O)NC2(C)CC2)ccn1. The van der Waals surface area contributed by atoms with Crippen LogP contribution in [0.3, 0.4) is 0 Å². The zero-order valence-electron chi connectivity index (χ0n) is 10.0. The van der Waals surface area contributed by atoms with Crippen molar-refractivity contribution < 1.29 is 8.42 Å². The van der Waals surface area contributed by atoms with Crippen molar-refractivity contribution in [1.29, 1.82) is 0 Å². The zero-order chi connectivity index (χ0) is 12.5. The highest BCUT2D eigenvalue weighted by Crippen LogP contribution is 2.35. The van der Waals surface area contributed by atoms with Crippen LogP contribution in [0.25, 0.3) is 0 Å². The Morgan fingerprint density at radius 1 is 1.47 bits per heavy atom. The minimum Gasteiger partial charge on any atom is -0.370 e. The molecule has 1 aliphatic carbocycles. The second-order valence-corrected chi connectivity index (χ2v) is 6.26. The minimum absolute atomic E-state index is 0.250. The Labute approximate surface area is 102 Å². The van der Waals surface area contributed by atoms with E-state index in [0.29, 0.717) is 12.4 Å². The Morgan fingerprint density at radius 2 is 2.18 bits per heavy atom. The van der Waals surface area contributed by atoms with Crippen molar-refractivity contribution >= 4 is 15.8 Å². The van der Waals surface area contributed by atoms with E-state index in [9.17, 15) is 8.42 Å². The van der Waals surface area contributed by atoms with Crippen LogP contribution in [0, 0.1) is 0 Å². The summed E-state index contributed by atoms with van der Waals surface area (Å²) in [6, 6.07) is 3.06. The Morgan fingerprint density at radius 3 is 2.76 bits per heavy atom. The van der Waals surface area contributed by atoms with Crippen molar-refractivity contribution in [3.05, 3.63) is 18.3 Å². The number of nitrogens with one attached hydrogen (secondary N) is 2. The van der Waals surface area contributed by atoms with Crippen LogP contribution >= 0.6 is 0 Å². The summed E-state index contributed by atoms with van der Waals surface area (Å²) < 4.78 is 26.9. The predicted octanol–water partition coefficient (Wildman–Crippen LogP) is 1.34. The molecule has 0 atom stereocenters. The highest BCUT2D eigenvalue weighted by molar-refractivity contribution is 7.89. The molecule has 0 spiro atoms. The van der Waals surface area contributed by atoms with Crippen molar-refractivity contribution in [2.75, 3.05) is 11.9 Å². The van der Waals surface area contributed by atoms with E-state index in [1.54, 1.807) is 6.07 Å². The van der Waals surface area contributed by atoms with Crippen LogP contribution in [0.15, 0.2) is 23.2 Å². The molecule has 2 N–H and O–H groups in total. The van der Waals surface area contributed by atoms with E-state index >= 15 is 0 Å². The second kappa shape index (κ2) is 4.27. The maximum atomic E-state index is 12.1. The Kier molecular flexibility index (Phi) is 3.09. The summed E-state index contributed by atoms with van der Waals surface area (Å²) in [6.45, 7) is 4.56. The zero-order valence-corrected chi connectivity index (χ0v) is 10.8. The second-order valence-electron chi connectivity index (χ2n) is 4.57. The van der Waals surface area contributed by atoms with Crippen LogP contribution in [-0.2, 0) is 10.0 Å². The van der Waals surface area contributed by atoms with Gasteiger partial charge < -0.3 is 5.32 Å². The number of pyridine rings is 1. The molecule has 0 aliphatic heterocycles. The molecule has 0 bridgehead atoms.